The molecule has 0 unspecified atom stereocenters. The van der Waals surface area contributed by atoms with E-state index in [-0.39, 0.29) is 15.9 Å². The molecule has 1 amide bonds. The Morgan fingerprint density at radius 2 is 2.19 bits per heavy atom. The van der Waals surface area contributed by atoms with Crippen molar-refractivity contribution in [3.05, 3.63) is 56.6 Å². The van der Waals surface area contributed by atoms with Gasteiger partial charge in [-0.2, -0.15) is 0 Å². The molecule has 1 heterocycles. The van der Waals surface area contributed by atoms with E-state index in [1.165, 1.54) is 35.0 Å². The zero-order chi connectivity index (χ0) is 15.6. The summed E-state index contributed by atoms with van der Waals surface area (Å²) >= 11 is 3.02. The van der Waals surface area contributed by atoms with Crippen LogP contribution >= 0.6 is 15.9 Å². The Labute approximate surface area is 127 Å². The number of benzene rings is 1. The smallest absolute Gasteiger partial charge is 0.287 e. The molecule has 1 N–H and O–H groups in total. The van der Waals surface area contributed by atoms with Gasteiger partial charge in [-0.05, 0) is 41.1 Å². The van der Waals surface area contributed by atoms with Crippen LogP contribution in [0.5, 0.6) is 0 Å². The van der Waals surface area contributed by atoms with Gasteiger partial charge < -0.3 is 9.88 Å². The van der Waals surface area contributed by atoms with Crippen LogP contribution in [0.1, 0.15) is 17.4 Å². The minimum Gasteiger partial charge on any atom is -0.337 e. The molecule has 8 heteroatoms. The zero-order valence-corrected chi connectivity index (χ0v) is 12.6. The number of carbonyl (C=O) groups is 1. The summed E-state index contributed by atoms with van der Waals surface area (Å²) in [5.41, 5.74) is 0.409. The fraction of sp³-hybridized carbons (Fsp3) is 0.154. The summed E-state index contributed by atoms with van der Waals surface area (Å²) in [6.07, 6.45) is 1.30. The number of nitrogens with one attached hydrogen (secondary N) is 1. The molecule has 1 aromatic carbocycles. The number of halogens is 2. The number of hydrogen-bond acceptors (Lipinski definition) is 3. The molecule has 0 aliphatic heterocycles. The van der Waals surface area contributed by atoms with Crippen LogP contribution in [0, 0.1) is 15.9 Å². The number of rotatable bonds is 4. The van der Waals surface area contributed by atoms with E-state index in [1.54, 1.807) is 6.92 Å². The molecular weight excluding hydrogens is 345 g/mol. The van der Waals surface area contributed by atoms with Gasteiger partial charge in [0.2, 0.25) is 0 Å². The molecule has 110 valence electrons. The van der Waals surface area contributed by atoms with E-state index in [4.69, 9.17) is 0 Å². The highest BCUT2D eigenvalue weighted by molar-refractivity contribution is 9.10. The first-order chi connectivity index (χ1) is 9.92. The first kappa shape index (κ1) is 15.2. The Morgan fingerprint density at radius 1 is 1.48 bits per heavy atom. The number of carbonyl (C=O) groups excluding carboxylic acids is 1. The third kappa shape index (κ3) is 3.27. The van der Waals surface area contributed by atoms with Gasteiger partial charge in [0.15, 0.2) is 0 Å². The molecule has 0 fully saturated rings. The number of nitro groups is 1. The Balaban J connectivity index is 2.27. The normalized spacial score (nSPS) is 10.4. The molecule has 2 aromatic rings. The molecule has 0 bridgehead atoms. The number of aryl methyl sites for hydroxylation is 1. The minimum absolute atomic E-state index is 0.151. The number of aromatic nitrogens is 1. The van der Waals surface area contributed by atoms with Gasteiger partial charge in [-0.1, -0.05) is 0 Å². The van der Waals surface area contributed by atoms with Crippen molar-refractivity contribution < 1.29 is 14.1 Å². The Bertz CT molecular complexity index is 715. The number of hydrogen-bond donors (Lipinski definition) is 1. The van der Waals surface area contributed by atoms with Gasteiger partial charge in [0.1, 0.15) is 11.5 Å². The van der Waals surface area contributed by atoms with Crippen molar-refractivity contribution in [1.29, 1.82) is 0 Å². The number of anilines is 1. The lowest BCUT2D eigenvalue weighted by Gasteiger charge is -2.07. The maximum Gasteiger partial charge on any atom is 0.287 e. The van der Waals surface area contributed by atoms with Gasteiger partial charge in [-0.25, -0.2) is 4.39 Å². The van der Waals surface area contributed by atoms with E-state index in [1.807, 2.05) is 0 Å². The van der Waals surface area contributed by atoms with E-state index in [2.05, 4.69) is 21.2 Å². The van der Waals surface area contributed by atoms with Crippen molar-refractivity contribution in [2.24, 2.45) is 0 Å². The molecule has 0 saturated carbocycles. The molecule has 6 nitrogen and oxygen atoms in total. The van der Waals surface area contributed by atoms with Crippen molar-refractivity contribution in [3.8, 4) is 0 Å². The Morgan fingerprint density at radius 3 is 2.76 bits per heavy atom. The monoisotopic (exact) mass is 355 g/mol. The van der Waals surface area contributed by atoms with E-state index in [0.717, 1.165) is 0 Å². The van der Waals surface area contributed by atoms with E-state index in [9.17, 15) is 19.3 Å². The second-order valence-electron chi connectivity index (χ2n) is 4.21. The summed E-state index contributed by atoms with van der Waals surface area (Å²) < 4.78 is 14.8. The third-order valence-corrected chi connectivity index (χ3v) is 3.45. The third-order valence-electron chi connectivity index (χ3n) is 2.84. The van der Waals surface area contributed by atoms with Gasteiger partial charge in [0.05, 0.1) is 15.6 Å². The second-order valence-corrected chi connectivity index (χ2v) is 5.06. The highest BCUT2D eigenvalue weighted by Gasteiger charge is 2.18. The predicted molar refractivity (Wildman–Crippen MR) is 78.8 cm³/mol. The summed E-state index contributed by atoms with van der Waals surface area (Å²) in [5.74, 6) is -0.941. The van der Waals surface area contributed by atoms with Crippen molar-refractivity contribution in [2.75, 3.05) is 5.32 Å². The van der Waals surface area contributed by atoms with E-state index in [0.29, 0.717) is 12.2 Å². The molecular formula is C13H11BrFN3O3. The largest absolute Gasteiger partial charge is 0.337 e. The van der Waals surface area contributed by atoms with Crippen LogP contribution in [0.25, 0.3) is 0 Å². The molecule has 1 aromatic heterocycles. The van der Waals surface area contributed by atoms with Crippen LogP contribution in [0.4, 0.5) is 15.8 Å². The average molecular weight is 356 g/mol. The van der Waals surface area contributed by atoms with Gasteiger partial charge in [-0.3, -0.25) is 14.9 Å². The summed E-state index contributed by atoms with van der Waals surface area (Å²) in [6, 6.07) is 5.24. The highest BCUT2D eigenvalue weighted by Crippen LogP contribution is 2.22. The van der Waals surface area contributed by atoms with E-state index >= 15 is 0 Å². The van der Waals surface area contributed by atoms with Crippen molar-refractivity contribution in [2.45, 2.75) is 13.5 Å². The van der Waals surface area contributed by atoms with Crippen LogP contribution in [-0.2, 0) is 6.54 Å². The molecule has 0 saturated heterocycles. The van der Waals surface area contributed by atoms with Gasteiger partial charge in [-0.15, -0.1) is 0 Å². The molecule has 2 rings (SSSR count). The van der Waals surface area contributed by atoms with Crippen molar-refractivity contribution in [1.82, 2.24) is 4.57 Å². The molecule has 0 radical (unpaired) electrons. The van der Waals surface area contributed by atoms with Crippen LogP contribution in [0.2, 0.25) is 0 Å². The summed E-state index contributed by atoms with van der Waals surface area (Å²) in [6.45, 7) is 2.19. The predicted octanol–water partition coefficient (Wildman–Crippen LogP) is 3.57. The quantitative estimate of drug-likeness (QED) is 0.672. The lowest BCUT2D eigenvalue weighted by molar-refractivity contribution is -0.384. The first-order valence-electron chi connectivity index (χ1n) is 6.03. The molecule has 21 heavy (non-hydrogen) atoms. The molecule has 0 spiro atoms. The molecule has 0 aliphatic carbocycles. The van der Waals surface area contributed by atoms with Gasteiger partial charge >= 0.3 is 0 Å². The molecule has 0 aliphatic rings. The standard InChI is InChI=1S/C13H11BrFN3O3/c1-2-17-7-9(18(20)21)6-12(17)13(19)16-8-3-4-11(15)10(14)5-8/h3-7H,2H2,1H3,(H,16,19). The molecule has 0 atom stereocenters. The minimum atomic E-state index is -0.558. The second kappa shape index (κ2) is 6.04. The van der Waals surface area contributed by atoms with Gasteiger partial charge in [0.25, 0.3) is 11.6 Å². The average Bonchev–Trinajstić information content (AvgIpc) is 2.87. The Kier molecular flexibility index (Phi) is 4.37. The van der Waals surface area contributed by atoms with Crippen molar-refractivity contribution >= 4 is 33.2 Å². The lowest BCUT2D eigenvalue weighted by atomic mass is 10.3. The van der Waals surface area contributed by atoms with Crippen molar-refractivity contribution in [3.63, 3.8) is 0 Å². The number of nitrogens with zero attached hydrogens (tertiary/aromatic N) is 2. The van der Waals surface area contributed by atoms with Crippen LogP contribution in [0.15, 0.2) is 34.9 Å². The number of amides is 1. The van der Waals surface area contributed by atoms with Crippen LogP contribution in [0.3, 0.4) is 0 Å². The fourth-order valence-electron chi connectivity index (χ4n) is 1.82. The first-order valence-corrected chi connectivity index (χ1v) is 6.82. The van der Waals surface area contributed by atoms with Gasteiger partial charge in [0, 0.05) is 18.3 Å². The fourth-order valence-corrected chi connectivity index (χ4v) is 2.19. The maximum absolute atomic E-state index is 13.1. The maximum atomic E-state index is 13.1. The Hall–Kier alpha value is -2.22. The summed E-state index contributed by atoms with van der Waals surface area (Å²) in [7, 11) is 0. The van der Waals surface area contributed by atoms with Crippen LogP contribution in [-0.4, -0.2) is 15.4 Å². The zero-order valence-electron chi connectivity index (χ0n) is 11.0. The summed E-state index contributed by atoms with van der Waals surface area (Å²) in [4.78, 5) is 22.4. The summed E-state index contributed by atoms with van der Waals surface area (Å²) in [5, 5.41) is 13.3. The topological polar surface area (TPSA) is 77.2 Å². The van der Waals surface area contributed by atoms with Crippen LogP contribution < -0.4 is 5.32 Å². The SMILES string of the molecule is CCn1cc([N+](=O)[O-])cc1C(=O)Nc1ccc(F)c(Br)c1. The highest BCUT2D eigenvalue weighted by atomic mass is 79.9. The lowest BCUT2D eigenvalue weighted by Crippen LogP contribution is -2.16. The van der Waals surface area contributed by atoms with E-state index < -0.39 is 16.6 Å².